The van der Waals surface area contributed by atoms with Gasteiger partial charge in [0.05, 0.1) is 26.0 Å². The number of aromatic nitrogens is 1. The molecule has 1 N–H and O–H groups in total. The maximum absolute atomic E-state index is 12.9. The minimum absolute atomic E-state index is 0.0105. The van der Waals surface area contributed by atoms with Crippen molar-refractivity contribution in [3.63, 3.8) is 0 Å². The van der Waals surface area contributed by atoms with E-state index < -0.39 is 0 Å². The van der Waals surface area contributed by atoms with Crippen LogP contribution in [-0.2, 0) is 6.42 Å². The monoisotopic (exact) mass is 359 g/mol. The van der Waals surface area contributed by atoms with Crippen LogP contribution < -0.4 is 14.8 Å². The third-order valence-electron chi connectivity index (χ3n) is 4.75. The molecule has 3 rings (SSSR count). The lowest BCUT2D eigenvalue weighted by Gasteiger charge is -2.25. The van der Waals surface area contributed by atoms with Crippen molar-refractivity contribution in [3.05, 3.63) is 35.2 Å². The standard InChI is InChI=1S/C19H25N3O4/c1-5-17-18(12(2)21-26-17)16-7-6-8-22(16)19(23)20-13-9-14(24-3)11-15(10-13)25-4/h9-11,16H,5-8H2,1-4H3,(H,20,23)/t16-/m1/s1. The summed E-state index contributed by atoms with van der Waals surface area (Å²) in [4.78, 5) is 14.8. The summed E-state index contributed by atoms with van der Waals surface area (Å²) in [6.07, 6.45) is 2.62. The van der Waals surface area contributed by atoms with Crippen LogP contribution in [0.1, 0.15) is 42.8 Å². The molecule has 2 amide bonds. The second kappa shape index (κ2) is 7.68. The van der Waals surface area contributed by atoms with Gasteiger partial charge in [0.15, 0.2) is 0 Å². The van der Waals surface area contributed by atoms with Gasteiger partial charge in [-0.15, -0.1) is 0 Å². The van der Waals surface area contributed by atoms with Crippen LogP contribution in [0.3, 0.4) is 0 Å². The minimum atomic E-state index is -0.148. The van der Waals surface area contributed by atoms with E-state index in [1.54, 1.807) is 32.4 Å². The predicted octanol–water partition coefficient (Wildman–Crippen LogP) is 3.93. The molecule has 0 unspecified atom stereocenters. The summed E-state index contributed by atoms with van der Waals surface area (Å²) in [7, 11) is 3.16. The van der Waals surface area contributed by atoms with Crippen LogP contribution in [0.4, 0.5) is 10.5 Å². The third-order valence-corrected chi connectivity index (χ3v) is 4.75. The molecule has 1 atom stereocenters. The average molecular weight is 359 g/mol. The molecule has 2 aromatic rings. The Morgan fingerprint density at radius 3 is 2.62 bits per heavy atom. The Balaban J connectivity index is 1.82. The summed E-state index contributed by atoms with van der Waals surface area (Å²) in [6.45, 7) is 4.66. The number of hydrogen-bond donors (Lipinski definition) is 1. The Morgan fingerprint density at radius 2 is 2.00 bits per heavy atom. The van der Waals surface area contributed by atoms with E-state index in [4.69, 9.17) is 14.0 Å². The maximum atomic E-state index is 12.9. The topological polar surface area (TPSA) is 76.8 Å². The Morgan fingerprint density at radius 1 is 1.31 bits per heavy atom. The van der Waals surface area contributed by atoms with Gasteiger partial charge >= 0.3 is 6.03 Å². The van der Waals surface area contributed by atoms with Gasteiger partial charge in [0.1, 0.15) is 17.3 Å². The number of amides is 2. The number of carbonyl (C=O) groups is 1. The number of methoxy groups -OCH3 is 2. The van der Waals surface area contributed by atoms with Crippen molar-refractivity contribution >= 4 is 11.7 Å². The number of urea groups is 1. The highest BCUT2D eigenvalue weighted by molar-refractivity contribution is 5.90. The molecule has 1 aromatic heterocycles. The van der Waals surface area contributed by atoms with Gasteiger partial charge in [-0.2, -0.15) is 0 Å². The van der Waals surface area contributed by atoms with Gasteiger partial charge in [0, 0.05) is 42.4 Å². The number of nitrogens with zero attached hydrogens (tertiary/aromatic N) is 2. The third kappa shape index (κ3) is 3.47. The van der Waals surface area contributed by atoms with Gasteiger partial charge in [-0.25, -0.2) is 4.79 Å². The molecule has 1 aliphatic heterocycles. The molecule has 140 valence electrons. The molecule has 1 aromatic carbocycles. The van der Waals surface area contributed by atoms with Crippen molar-refractivity contribution in [3.8, 4) is 11.5 Å². The van der Waals surface area contributed by atoms with Gasteiger partial charge in [0.2, 0.25) is 0 Å². The number of carbonyl (C=O) groups excluding carboxylic acids is 1. The molecule has 1 saturated heterocycles. The average Bonchev–Trinajstić information content (AvgIpc) is 3.26. The van der Waals surface area contributed by atoms with E-state index in [0.29, 0.717) is 23.7 Å². The zero-order chi connectivity index (χ0) is 18.7. The van der Waals surface area contributed by atoms with Gasteiger partial charge in [-0.1, -0.05) is 12.1 Å². The number of likely N-dealkylation sites (tertiary alicyclic amines) is 1. The summed E-state index contributed by atoms with van der Waals surface area (Å²) in [6, 6.07) is 5.15. The Hall–Kier alpha value is -2.70. The first-order valence-electron chi connectivity index (χ1n) is 8.83. The minimum Gasteiger partial charge on any atom is -0.497 e. The fourth-order valence-corrected chi connectivity index (χ4v) is 3.49. The van der Waals surface area contributed by atoms with E-state index >= 15 is 0 Å². The van der Waals surface area contributed by atoms with Crippen LogP contribution in [0.5, 0.6) is 11.5 Å². The molecule has 0 spiro atoms. The number of benzene rings is 1. The lowest BCUT2D eigenvalue weighted by Crippen LogP contribution is -2.34. The Labute approximate surface area is 153 Å². The summed E-state index contributed by atoms with van der Waals surface area (Å²) in [5.74, 6) is 2.11. The molecule has 0 saturated carbocycles. The van der Waals surface area contributed by atoms with Crippen molar-refractivity contribution in [2.75, 3.05) is 26.1 Å². The summed E-state index contributed by atoms with van der Waals surface area (Å²) >= 11 is 0. The van der Waals surface area contributed by atoms with Gasteiger partial charge in [-0.3, -0.25) is 0 Å². The molecular formula is C19H25N3O4. The molecule has 0 bridgehead atoms. The number of hydrogen-bond acceptors (Lipinski definition) is 5. The maximum Gasteiger partial charge on any atom is 0.322 e. The fraction of sp³-hybridized carbons (Fsp3) is 0.474. The quantitative estimate of drug-likeness (QED) is 0.875. The largest absolute Gasteiger partial charge is 0.497 e. The van der Waals surface area contributed by atoms with E-state index in [1.807, 2.05) is 18.7 Å². The van der Waals surface area contributed by atoms with Crippen LogP contribution >= 0.6 is 0 Å². The van der Waals surface area contributed by atoms with E-state index in [9.17, 15) is 4.79 Å². The van der Waals surface area contributed by atoms with Crippen LogP contribution in [0.15, 0.2) is 22.7 Å². The lowest BCUT2D eigenvalue weighted by molar-refractivity contribution is 0.206. The van der Waals surface area contributed by atoms with E-state index in [0.717, 1.165) is 36.3 Å². The second-order valence-electron chi connectivity index (χ2n) is 6.34. The molecule has 0 radical (unpaired) electrons. The van der Waals surface area contributed by atoms with Gasteiger partial charge in [-0.05, 0) is 19.8 Å². The predicted molar refractivity (Wildman–Crippen MR) is 97.9 cm³/mol. The Kier molecular flexibility index (Phi) is 5.35. The van der Waals surface area contributed by atoms with Crippen molar-refractivity contribution in [1.82, 2.24) is 10.1 Å². The molecule has 26 heavy (non-hydrogen) atoms. The first-order valence-corrected chi connectivity index (χ1v) is 8.83. The normalized spacial score (nSPS) is 16.6. The van der Waals surface area contributed by atoms with Crippen LogP contribution in [-0.4, -0.2) is 36.9 Å². The van der Waals surface area contributed by atoms with Crippen LogP contribution in [0.2, 0.25) is 0 Å². The van der Waals surface area contributed by atoms with E-state index in [1.165, 1.54) is 0 Å². The number of anilines is 1. The molecule has 2 heterocycles. The first kappa shape index (κ1) is 18.1. The molecular weight excluding hydrogens is 334 g/mol. The van der Waals surface area contributed by atoms with Crippen molar-refractivity contribution < 1.29 is 18.8 Å². The van der Waals surface area contributed by atoms with Crippen LogP contribution in [0, 0.1) is 6.92 Å². The zero-order valence-corrected chi connectivity index (χ0v) is 15.7. The number of nitrogens with one attached hydrogen (secondary N) is 1. The fourth-order valence-electron chi connectivity index (χ4n) is 3.49. The number of rotatable bonds is 5. The van der Waals surface area contributed by atoms with E-state index in [2.05, 4.69) is 10.5 Å². The first-order chi connectivity index (χ1) is 12.6. The zero-order valence-electron chi connectivity index (χ0n) is 15.7. The van der Waals surface area contributed by atoms with Gasteiger partial charge in [0.25, 0.3) is 0 Å². The highest BCUT2D eigenvalue weighted by atomic mass is 16.5. The summed E-state index contributed by atoms with van der Waals surface area (Å²) in [5, 5.41) is 7.05. The second-order valence-corrected chi connectivity index (χ2v) is 6.34. The molecule has 1 aliphatic rings. The van der Waals surface area contributed by atoms with Crippen molar-refractivity contribution in [2.45, 2.75) is 39.2 Å². The van der Waals surface area contributed by atoms with Gasteiger partial charge < -0.3 is 24.2 Å². The van der Waals surface area contributed by atoms with Crippen molar-refractivity contribution in [1.29, 1.82) is 0 Å². The highest BCUT2D eigenvalue weighted by Crippen LogP contribution is 2.36. The highest BCUT2D eigenvalue weighted by Gasteiger charge is 2.34. The number of aryl methyl sites for hydroxylation is 2. The van der Waals surface area contributed by atoms with Crippen molar-refractivity contribution in [2.24, 2.45) is 0 Å². The Bertz CT molecular complexity index is 765. The lowest BCUT2D eigenvalue weighted by atomic mass is 10.0. The molecule has 1 fully saturated rings. The number of ether oxygens (including phenoxy) is 2. The molecule has 7 heteroatoms. The smallest absolute Gasteiger partial charge is 0.322 e. The van der Waals surface area contributed by atoms with Crippen LogP contribution in [0.25, 0.3) is 0 Å². The molecule has 7 nitrogen and oxygen atoms in total. The summed E-state index contributed by atoms with van der Waals surface area (Å²) < 4.78 is 16.0. The SMILES string of the molecule is CCc1onc(C)c1[C@H]1CCCN1C(=O)Nc1cc(OC)cc(OC)c1. The summed E-state index contributed by atoms with van der Waals surface area (Å²) in [5.41, 5.74) is 2.53. The van der Waals surface area contributed by atoms with E-state index in [-0.39, 0.29) is 12.1 Å². The molecule has 0 aliphatic carbocycles.